The Bertz CT molecular complexity index is 2220. The average molecular weight is 819 g/mol. The van der Waals surface area contributed by atoms with Gasteiger partial charge in [0.25, 0.3) is 14.0 Å². The Kier molecular flexibility index (Phi) is 12.0. The standard InChI is InChI=1S/C45H48BClN2O8Si/c1-5-29(23-30-20-21-34(50)26-39(30)47)19-22-40-41-31(28-56-58(45(2,3)4,35-15-8-6-9-16-35)36-17-10-7-11-18-36)24-37-42(38(41)27-46(53)57-40)44(52)48(43(37)51)32-13-12-14-33(25-32)49(54)55/h6-18,20-21,23,25-26,37-38,40,42,50,53H,5,19,22,24,27-28H2,1-4H3/b29-23+/t37-,38+,40-,42-/m1/s1. The number of amides is 2. The molecule has 2 heterocycles. The van der Waals surface area contributed by atoms with E-state index in [0.717, 1.165) is 37.6 Å². The van der Waals surface area contributed by atoms with Crippen LogP contribution < -0.4 is 15.3 Å². The predicted octanol–water partition coefficient (Wildman–Crippen LogP) is 8.11. The summed E-state index contributed by atoms with van der Waals surface area (Å²) in [6, 6.07) is 31.1. The van der Waals surface area contributed by atoms with Gasteiger partial charge in [0.05, 0.1) is 40.2 Å². The number of phenolic OH excluding ortho intramolecular Hbond substituents is 1. The number of phenols is 1. The van der Waals surface area contributed by atoms with Gasteiger partial charge < -0.3 is 19.2 Å². The molecule has 2 fully saturated rings. The number of nitro groups is 1. The monoisotopic (exact) mass is 818 g/mol. The summed E-state index contributed by atoms with van der Waals surface area (Å²) in [5.74, 6) is -2.87. The zero-order chi connectivity index (χ0) is 41.4. The maximum absolute atomic E-state index is 14.5. The minimum Gasteiger partial charge on any atom is -0.508 e. The third-order valence-corrected chi connectivity index (χ3v) is 17.3. The molecule has 300 valence electrons. The number of nitrogens with zero attached hydrogens (tertiary/aromatic N) is 2. The topological polar surface area (TPSA) is 139 Å². The van der Waals surface area contributed by atoms with Crippen molar-refractivity contribution in [3.8, 4) is 5.75 Å². The number of anilines is 1. The second-order valence-corrected chi connectivity index (χ2v) is 21.2. The van der Waals surface area contributed by atoms with Crippen LogP contribution in [0.2, 0.25) is 16.4 Å². The molecule has 4 aromatic rings. The molecule has 3 aliphatic rings. The number of benzene rings is 4. The molecule has 2 N–H and O–H groups in total. The summed E-state index contributed by atoms with van der Waals surface area (Å²) < 4.78 is 13.9. The summed E-state index contributed by atoms with van der Waals surface area (Å²) in [5.41, 5.74) is 3.54. The normalized spacial score (nSPS) is 21.3. The first-order chi connectivity index (χ1) is 27.7. The van der Waals surface area contributed by atoms with Crippen molar-refractivity contribution >= 4 is 66.7 Å². The van der Waals surface area contributed by atoms with Crippen molar-refractivity contribution in [2.45, 2.75) is 70.8 Å². The molecule has 7 rings (SSSR count). The molecule has 0 bridgehead atoms. The first-order valence-corrected chi connectivity index (χ1v) is 22.1. The highest BCUT2D eigenvalue weighted by atomic mass is 35.5. The van der Waals surface area contributed by atoms with Gasteiger partial charge in [-0.1, -0.05) is 118 Å². The molecular weight excluding hydrogens is 771 g/mol. The summed E-state index contributed by atoms with van der Waals surface area (Å²) in [7, 11) is -4.25. The Morgan fingerprint density at radius 2 is 1.66 bits per heavy atom. The zero-order valence-electron chi connectivity index (χ0n) is 33.1. The fraction of sp³-hybridized carbons (Fsp3) is 0.333. The van der Waals surface area contributed by atoms with Gasteiger partial charge >= 0.3 is 7.12 Å². The second-order valence-electron chi connectivity index (χ2n) is 16.5. The van der Waals surface area contributed by atoms with Crippen molar-refractivity contribution in [1.82, 2.24) is 0 Å². The summed E-state index contributed by atoms with van der Waals surface area (Å²) in [6.07, 6.45) is 3.55. The highest BCUT2D eigenvalue weighted by Crippen LogP contribution is 2.52. The predicted molar refractivity (Wildman–Crippen MR) is 230 cm³/mol. The van der Waals surface area contributed by atoms with E-state index in [1.165, 1.54) is 24.3 Å². The lowest BCUT2D eigenvalue weighted by molar-refractivity contribution is -0.384. The van der Waals surface area contributed by atoms with Crippen molar-refractivity contribution in [3.05, 3.63) is 141 Å². The Labute approximate surface area is 345 Å². The molecule has 13 heteroatoms. The van der Waals surface area contributed by atoms with Crippen LogP contribution in [0.4, 0.5) is 11.4 Å². The van der Waals surface area contributed by atoms with E-state index in [9.17, 15) is 29.8 Å². The number of carbonyl (C=O) groups excluding carboxylic acids is 2. The quantitative estimate of drug-likeness (QED) is 0.0481. The Hall–Kier alpha value is -4.85. The minimum absolute atomic E-state index is 0.0789. The van der Waals surface area contributed by atoms with Gasteiger partial charge in [0.15, 0.2) is 0 Å². The largest absolute Gasteiger partial charge is 0.508 e. The number of carbonyl (C=O) groups is 2. The van der Waals surface area contributed by atoms with Crippen LogP contribution in [0.3, 0.4) is 0 Å². The summed E-state index contributed by atoms with van der Waals surface area (Å²) in [6.45, 7) is 8.84. The third-order valence-electron chi connectivity index (χ3n) is 12.0. The number of hydrogen-bond acceptors (Lipinski definition) is 8. The number of nitro benzene ring substituents is 1. The van der Waals surface area contributed by atoms with Crippen LogP contribution in [0.15, 0.2) is 120 Å². The number of fused-ring (bicyclic) bond motifs is 3. The first-order valence-electron chi connectivity index (χ1n) is 19.8. The maximum Gasteiger partial charge on any atom is 0.455 e. The van der Waals surface area contributed by atoms with Crippen LogP contribution in [0.5, 0.6) is 5.75 Å². The van der Waals surface area contributed by atoms with Crippen LogP contribution in [-0.2, 0) is 18.7 Å². The molecule has 4 aromatic carbocycles. The highest BCUT2D eigenvalue weighted by molar-refractivity contribution is 6.99. The summed E-state index contributed by atoms with van der Waals surface area (Å²) in [4.78, 5) is 41.2. The number of halogens is 1. The van der Waals surface area contributed by atoms with Crippen LogP contribution >= 0.6 is 11.6 Å². The van der Waals surface area contributed by atoms with E-state index in [1.54, 1.807) is 18.2 Å². The third kappa shape index (κ3) is 7.83. The highest BCUT2D eigenvalue weighted by Gasteiger charge is 2.58. The minimum atomic E-state index is -3.06. The molecular formula is C45H48BClN2O8Si. The zero-order valence-corrected chi connectivity index (χ0v) is 34.9. The molecule has 0 saturated carbocycles. The van der Waals surface area contributed by atoms with Crippen LogP contribution in [0, 0.1) is 27.9 Å². The van der Waals surface area contributed by atoms with E-state index >= 15 is 0 Å². The Morgan fingerprint density at radius 3 is 2.26 bits per heavy atom. The molecule has 0 aromatic heterocycles. The van der Waals surface area contributed by atoms with Crippen LogP contribution in [0.1, 0.15) is 58.9 Å². The van der Waals surface area contributed by atoms with Gasteiger partial charge in [-0.05, 0) is 94.3 Å². The van der Waals surface area contributed by atoms with Gasteiger partial charge in [-0.2, -0.15) is 0 Å². The smallest absolute Gasteiger partial charge is 0.455 e. The second kappa shape index (κ2) is 16.8. The van der Waals surface area contributed by atoms with E-state index < -0.39 is 56.0 Å². The van der Waals surface area contributed by atoms with Gasteiger partial charge in [-0.3, -0.25) is 19.7 Å². The average Bonchev–Trinajstić information content (AvgIpc) is 3.45. The first kappa shape index (κ1) is 41.3. The van der Waals surface area contributed by atoms with Crippen molar-refractivity contribution < 1.29 is 33.7 Å². The van der Waals surface area contributed by atoms with Crippen LogP contribution in [-0.4, -0.2) is 55.0 Å². The molecule has 0 radical (unpaired) electrons. The molecule has 2 aliphatic heterocycles. The van der Waals surface area contributed by atoms with E-state index in [2.05, 4.69) is 52.0 Å². The molecule has 0 unspecified atom stereocenters. The number of hydrogen-bond donors (Lipinski definition) is 2. The van der Waals surface area contributed by atoms with Gasteiger partial charge in [-0.25, -0.2) is 4.90 Å². The number of aromatic hydroxyl groups is 1. The SMILES string of the molecule is CC/C(=C\c1ccc(O)cc1Cl)CC[C@H]1OB(O)C[C@H]2C1=C(CO[Si](c1ccccc1)(c1ccccc1)C(C)(C)C)C[C@H]1C(=O)N(c3cccc([N+](=O)[O-])c3)C(=O)[C@H]12. The lowest BCUT2D eigenvalue weighted by atomic mass is 9.58. The molecule has 0 spiro atoms. The molecule has 58 heavy (non-hydrogen) atoms. The fourth-order valence-corrected chi connectivity index (χ4v) is 14.1. The molecule has 2 saturated heterocycles. The van der Waals surface area contributed by atoms with E-state index in [0.29, 0.717) is 24.3 Å². The van der Waals surface area contributed by atoms with E-state index in [1.807, 2.05) is 42.5 Å². The molecule has 1 aliphatic carbocycles. The Morgan fingerprint density at radius 1 is 0.983 bits per heavy atom. The van der Waals surface area contributed by atoms with E-state index in [-0.39, 0.29) is 41.5 Å². The summed E-state index contributed by atoms with van der Waals surface area (Å²) >= 11 is 6.48. The number of non-ortho nitro benzene ring substituents is 1. The van der Waals surface area contributed by atoms with Gasteiger partial charge in [0, 0.05) is 12.1 Å². The number of imide groups is 1. The maximum atomic E-state index is 14.5. The molecule has 2 amide bonds. The van der Waals surface area contributed by atoms with Gasteiger partial charge in [0.1, 0.15) is 5.75 Å². The lowest BCUT2D eigenvalue weighted by Gasteiger charge is -2.46. The van der Waals surface area contributed by atoms with Crippen molar-refractivity contribution in [2.75, 3.05) is 11.5 Å². The van der Waals surface area contributed by atoms with Crippen LogP contribution in [0.25, 0.3) is 6.08 Å². The van der Waals surface area contributed by atoms with Crippen molar-refractivity contribution in [1.29, 1.82) is 0 Å². The molecule has 10 nitrogen and oxygen atoms in total. The molecule has 4 atom stereocenters. The summed E-state index contributed by atoms with van der Waals surface area (Å²) in [5, 5.41) is 35.3. The Balaban J connectivity index is 1.32. The van der Waals surface area contributed by atoms with Crippen molar-refractivity contribution in [2.24, 2.45) is 17.8 Å². The number of allylic oxidation sites excluding steroid dienone is 1. The number of rotatable bonds is 12. The van der Waals surface area contributed by atoms with Crippen molar-refractivity contribution in [3.63, 3.8) is 0 Å². The lowest BCUT2D eigenvalue weighted by Crippen LogP contribution is -2.66. The fourth-order valence-electron chi connectivity index (χ4n) is 9.37. The van der Waals surface area contributed by atoms with E-state index in [4.69, 9.17) is 20.7 Å². The van der Waals surface area contributed by atoms with Gasteiger partial charge in [0.2, 0.25) is 11.8 Å². The van der Waals surface area contributed by atoms with Gasteiger partial charge in [-0.15, -0.1) is 0 Å².